The molecule has 1 saturated heterocycles. The van der Waals surface area contributed by atoms with Gasteiger partial charge in [-0.1, -0.05) is 6.07 Å². The van der Waals surface area contributed by atoms with E-state index in [0.29, 0.717) is 36.6 Å². The second-order valence-corrected chi connectivity index (χ2v) is 9.28. The smallest absolute Gasteiger partial charge is 0.383 e. The SMILES string of the molecule is Cc1cc(Nc2nccc(C(F)(F)F)n2)cc(-c2cnc(C3(O)CCN(C(=O)CC#N)CC3)s2)c1. The van der Waals surface area contributed by atoms with Crippen LogP contribution in [0, 0.1) is 18.3 Å². The van der Waals surface area contributed by atoms with Crippen LogP contribution >= 0.6 is 11.3 Å². The number of alkyl halides is 3. The molecule has 4 rings (SSSR count). The Kier molecular flexibility index (Phi) is 6.73. The number of thiazole rings is 1. The molecule has 0 aliphatic carbocycles. The largest absolute Gasteiger partial charge is 0.433 e. The van der Waals surface area contributed by atoms with Crippen molar-refractivity contribution in [1.29, 1.82) is 5.26 Å². The number of nitrogens with zero attached hydrogens (tertiary/aromatic N) is 5. The number of aromatic nitrogens is 3. The van der Waals surface area contributed by atoms with E-state index in [4.69, 9.17) is 5.26 Å². The molecule has 1 aliphatic rings. The van der Waals surface area contributed by atoms with Gasteiger partial charge in [0.2, 0.25) is 11.9 Å². The molecule has 2 aromatic heterocycles. The van der Waals surface area contributed by atoms with E-state index in [2.05, 4.69) is 20.3 Å². The summed E-state index contributed by atoms with van der Waals surface area (Å²) in [6, 6.07) is 8.07. The zero-order valence-electron chi connectivity index (χ0n) is 18.6. The number of hydrogen-bond acceptors (Lipinski definition) is 8. The monoisotopic (exact) mass is 502 g/mol. The van der Waals surface area contributed by atoms with E-state index < -0.39 is 17.5 Å². The predicted molar refractivity (Wildman–Crippen MR) is 123 cm³/mol. The Hall–Kier alpha value is -3.56. The average molecular weight is 503 g/mol. The highest BCUT2D eigenvalue weighted by Gasteiger charge is 2.38. The fourth-order valence-corrected chi connectivity index (χ4v) is 4.89. The lowest BCUT2D eigenvalue weighted by Gasteiger charge is -2.36. The fraction of sp³-hybridized carbons (Fsp3) is 0.348. The van der Waals surface area contributed by atoms with Crippen LogP contribution in [0.15, 0.2) is 36.7 Å². The Balaban J connectivity index is 1.52. The van der Waals surface area contributed by atoms with Crippen LogP contribution in [0.1, 0.15) is 35.5 Å². The van der Waals surface area contributed by atoms with Crippen molar-refractivity contribution in [2.24, 2.45) is 0 Å². The Morgan fingerprint density at radius 2 is 2.03 bits per heavy atom. The average Bonchev–Trinajstić information content (AvgIpc) is 3.30. The molecular formula is C23H21F3N6O2S. The number of nitriles is 1. The highest BCUT2D eigenvalue weighted by atomic mass is 32.1. The van der Waals surface area contributed by atoms with Crippen molar-refractivity contribution in [3.63, 3.8) is 0 Å². The summed E-state index contributed by atoms with van der Waals surface area (Å²) in [5, 5.41) is 23.2. The number of aryl methyl sites for hydroxylation is 1. The molecule has 35 heavy (non-hydrogen) atoms. The molecule has 0 radical (unpaired) electrons. The summed E-state index contributed by atoms with van der Waals surface area (Å²) >= 11 is 1.32. The summed E-state index contributed by atoms with van der Waals surface area (Å²) in [5.74, 6) is -0.424. The van der Waals surface area contributed by atoms with Crippen molar-refractivity contribution in [3.05, 3.63) is 52.9 Å². The molecule has 0 atom stereocenters. The van der Waals surface area contributed by atoms with Gasteiger partial charge in [-0.15, -0.1) is 11.3 Å². The van der Waals surface area contributed by atoms with Crippen molar-refractivity contribution in [2.75, 3.05) is 18.4 Å². The highest BCUT2D eigenvalue weighted by molar-refractivity contribution is 7.15. The molecule has 2 N–H and O–H groups in total. The molecule has 3 heterocycles. The summed E-state index contributed by atoms with van der Waals surface area (Å²) in [6.07, 6.45) is -1.45. The maximum atomic E-state index is 13.0. The number of aliphatic hydroxyl groups is 1. The molecule has 0 bridgehead atoms. The minimum Gasteiger partial charge on any atom is -0.383 e. The molecule has 8 nitrogen and oxygen atoms in total. The molecule has 0 unspecified atom stereocenters. The Morgan fingerprint density at radius 3 is 2.71 bits per heavy atom. The summed E-state index contributed by atoms with van der Waals surface area (Å²) in [4.78, 5) is 26.1. The van der Waals surface area contributed by atoms with Gasteiger partial charge < -0.3 is 15.3 Å². The minimum absolute atomic E-state index is 0.173. The number of halogens is 3. The Morgan fingerprint density at radius 1 is 1.29 bits per heavy atom. The Labute approximate surface area is 203 Å². The molecule has 0 saturated carbocycles. The van der Waals surface area contributed by atoms with Gasteiger partial charge in [0.25, 0.3) is 0 Å². The molecule has 12 heteroatoms. The van der Waals surface area contributed by atoms with E-state index in [1.165, 1.54) is 11.3 Å². The van der Waals surface area contributed by atoms with E-state index in [1.807, 2.05) is 19.1 Å². The summed E-state index contributed by atoms with van der Waals surface area (Å²) in [6.45, 7) is 2.52. The lowest BCUT2D eigenvalue weighted by atomic mass is 9.92. The van der Waals surface area contributed by atoms with Gasteiger partial charge in [0.15, 0.2) is 0 Å². The molecule has 1 amide bonds. The molecular weight excluding hydrogens is 481 g/mol. The van der Waals surface area contributed by atoms with Gasteiger partial charge >= 0.3 is 6.18 Å². The number of benzene rings is 1. The van der Waals surface area contributed by atoms with Crippen LogP contribution in [0.3, 0.4) is 0 Å². The number of likely N-dealkylation sites (tertiary alicyclic amines) is 1. The fourth-order valence-electron chi connectivity index (χ4n) is 3.85. The summed E-state index contributed by atoms with van der Waals surface area (Å²) in [5.41, 5.74) is -0.0763. The second kappa shape index (κ2) is 9.59. The van der Waals surface area contributed by atoms with Crippen LogP contribution in [0.25, 0.3) is 10.4 Å². The van der Waals surface area contributed by atoms with Crippen molar-refractivity contribution < 1.29 is 23.1 Å². The molecule has 1 fully saturated rings. The van der Waals surface area contributed by atoms with Crippen molar-refractivity contribution in [1.82, 2.24) is 19.9 Å². The molecule has 1 aliphatic heterocycles. The zero-order chi connectivity index (χ0) is 25.2. The number of piperidine rings is 1. The number of carbonyl (C=O) groups is 1. The minimum atomic E-state index is -4.57. The van der Waals surface area contributed by atoms with Crippen molar-refractivity contribution in [2.45, 2.75) is 38.0 Å². The third-order valence-electron chi connectivity index (χ3n) is 5.64. The lowest BCUT2D eigenvalue weighted by molar-refractivity contribution is -0.141. The van der Waals surface area contributed by atoms with E-state index in [1.54, 1.807) is 23.2 Å². The van der Waals surface area contributed by atoms with Crippen molar-refractivity contribution in [3.8, 4) is 16.5 Å². The predicted octanol–water partition coefficient (Wildman–Crippen LogP) is 4.39. The third kappa shape index (κ3) is 5.58. The first kappa shape index (κ1) is 24.6. The van der Waals surface area contributed by atoms with Gasteiger partial charge in [0, 0.05) is 44.0 Å². The van der Waals surface area contributed by atoms with Gasteiger partial charge in [-0.25, -0.2) is 15.0 Å². The van der Waals surface area contributed by atoms with Crippen molar-refractivity contribution >= 4 is 28.9 Å². The van der Waals surface area contributed by atoms with E-state index in [9.17, 15) is 23.1 Å². The van der Waals surface area contributed by atoms with Crippen LogP contribution in [0.4, 0.5) is 24.8 Å². The van der Waals surface area contributed by atoms with E-state index >= 15 is 0 Å². The maximum absolute atomic E-state index is 13.0. The zero-order valence-corrected chi connectivity index (χ0v) is 19.4. The molecule has 1 aromatic carbocycles. The lowest BCUT2D eigenvalue weighted by Crippen LogP contribution is -2.45. The first-order valence-electron chi connectivity index (χ1n) is 10.7. The third-order valence-corrected chi connectivity index (χ3v) is 6.88. The van der Waals surface area contributed by atoms with Gasteiger partial charge in [0.1, 0.15) is 22.7 Å². The van der Waals surface area contributed by atoms with Crippen LogP contribution in [0.5, 0.6) is 0 Å². The van der Waals surface area contributed by atoms with Gasteiger partial charge in [-0.05, 0) is 36.2 Å². The number of amides is 1. The number of rotatable bonds is 5. The second-order valence-electron chi connectivity index (χ2n) is 8.25. The first-order chi connectivity index (χ1) is 16.6. The van der Waals surface area contributed by atoms with Crippen LogP contribution in [-0.4, -0.2) is 44.0 Å². The van der Waals surface area contributed by atoms with E-state index in [0.717, 1.165) is 28.3 Å². The van der Waals surface area contributed by atoms with Gasteiger partial charge in [-0.2, -0.15) is 18.4 Å². The Bertz CT molecular complexity index is 1280. The quantitative estimate of drug-likeness (QED) is 0.532. The highest BCUT2D eigenvalue weighted by Crippen LogP contribution is 2.39. The maximum Gasteiger partial charge on any atom is 0.433 e. The normalized spacial score (nSPS) is 15.5. The standard InChI is InChI=1S/C23H21F3N6O2S/c1-14-10-15(12-16(11-14)30-21-28-7-3-18(31-21)23(24,25)26)17-13-29-20(35-17)22(34)4-8-32(9-5-22)19(33)2-6-27/h3,7,10-13,34H,2,4-5,8-9H2,1H3,(H,28,30,31). The van der Waals surface area contributed by atoms with Gasteiger partial charge in [0.05, 0.1) is 10.9 Å². The summed E-state index contributed by atoms with van der Waals surface area (Å²) in [7, 11) is 0. The number of nitrogens with one attached hydrogen (secondary N) is 1. The topological polar surface area (TPSA) is 115 Å². The summed E-state index contributed by atoms with van der Waals surface area (Å²) < 4.78 is 38.9. The molecule has 182 valence electrons. The van der Waals surface area contributed by atoms with Crippen LogP contribution in [-0.2, 0) is 16.6 Å². The number of anilines is 2. The van der Waals surface area contributed by atoms with E-state index in [-0.39, 0.29) is 18.3 Å². The van der Waals surface area contributed by atoms with Crippen LogP contribution < -0.4 is 5.32 Å². The number of carbonyl (C=O) groups excluding carboxylic acids is 1. The first-order valence-corrected chi connectivity index (χ1v) is 11.5. The van der Waals surface area contributed by atoms with Crippen LogP contribution in [0.2, 0.25) is 0 Å². The van der Waals surface area contributed by atoms with Gasteiger partial charge in [-0.3, -0.25) is 4.79 Å². The number of hydrogen-bond donors (Lipinski definition) is 2. The molecule has 0 spiro atoms. The molecule has 3 aromatic rings.